The molecule has 2 rings (SSSR count). The van der Waals surface area contributed by atoms with E-state index in [1.54, 1.807) is 0 Å². The number of ether oxygens (including phenoxy) is 1. The maximum absolute atomic E-state index is 11.3. The van der Waals surface area contributed by atoms with Gasteiger partial charge < -0.3 is 21.1 Å². The summed E-state index contributed by atoms with van der Waals surface area (Å²) in [4.78, 5) is 11.3. The van der Waals surface area contributed by atoms with Crippen LogP contribution in [0.2, 0.25) is 0 Å². The Labute approximate surface area is 161 Å². The van der Waals surface area contributed by atoms with Gasteiger partial charge in [-0.05, 0) is 68.2 Å². The van der Waals surface area contributed by atoms with Gasteiger partial charge in [0.1, 0.15) is 6.10 Å². The minimum absolute atomic E-state index is 0.0421. The van der Waals surface area contributed by atoms with Crippen LogP contribution in [-0.2, 0) is 9.53 Å². The van der Waals surface area contributed by atoms with Crippen LogP contribution in [0.5, 0.6) is 0 Å². The molecular weight excluding hydrogens is 326 g/mol. The Kier molecular flexibility index (Phi) is 7.34. The van der Waals surface area contributed by atoms with Crippen LogP contribution in [0.1, 0.15) is 94.4 Å². The number of piperidine rings is 2. The molecule has 5 heteroatoms. The van der Waals surface area contributed by atoms with E-state index in [1.807, 2.05) is 6.92 Å². The smallest absolute Gasteiger partial charge is 0.305 e. The summed E-state index contributed by atoms with van der Waals surface area (Å²) in [6.07, 6.45) is 4.46. The van der Waals surface area contributed by atoms with E-state index >= 15 is 0 Å². The predicted molar refractivity (Wildman–Crippen MR) is 109 cm³/mol. The molecule has 0 aliphatic carbocycles. The van der Waals surface area contributed by atoms with Crippen molar-refractivity contribution in [3.8, 4) is 0 Å². The fraction of sp³-hybridized carbons (Fsp3) is 0.952. The van der Waals surface area contributed by atoms with Gasteiger partial charge in [-0.15, -0.1) is 0 Å². The summed E-state index contributed by atoms with van der Waals surface area (Å²) >= 11 is 0. The van der Waals surface area contributed by atoms with Gasteiger partial charge in [0.05, 0.1) is 0 Å². The Morgan fingerprint density at radius 1 is 0.846 bits per heavy atom. The van der Waals surface area contributed by atoms with Crippen molar-refractivity contribution in [2.45, 2.75) is 129 Å². The summed E-state index contributed by atoms with van der Waals surface area (Å²) in [5.74, 6) is -0.0894. The van der Waals surface area contributed by atoms with Gasteiger partial charge in [0, 0.05) is 47.5 Å². The lowest BCUT2D eigenvalue weighted by Crippen LogP contribution is -2.60. The topological polar surface area (TPSA) is 76.4 Å². The van der Waals surface area contributed by atoms with E-state index in [4.69, 9.17) is 10.5 Å². The highest BCUT2D eigenvalue weighted by Gasteiger charge is 2.39. The molecule has 5 nitrogen and oxygen atoms in total. The Morgan fingerprint density at radius 3 is 1.50 bits per heavy atom. The maximum atomic E-state index is 11.3. The van der Waals surface area contributed by atoms with E-state index in [-0.39, 0.29) is 34.2 Å². The number of esters is 1. The lowest BCUT2D eigenvalue weighted by Gasteiger charge is -2.45. The van der Waals surface area contributed by atoms with Crippen LogP contribution in [0.3, 0.4) is 0 Å². The molecule has 0 unspecified atom stereocenters. The number of hydrogen-bond acceptors (Lipinski definition) is 5. The first kappa shape index (κ1) is 23.4. The lowest BCUT2D eigenvalue weighted by molar-refractivity contribution is -0.152. The van der Waals surface area contributed by atoms with Crippen molar-refractivity contribution in [2.24, 2.45) is 5.73 Å². The largest absolute Gasteiger partial charge is 0.462 e. The van der Waals surface area contributed by atoms with Crippen LogP contribution in [0.25, 0.3) is 0 Å². The van der Waals surface area contributed by atoms with Gasteiger partial charge in [0.2, 0.25) is 0 Å². The van der Waals surface area contributed by atoms with E-state index < -0.39 is 0 Å². The molecule has 0 radical (unpaired) electrons. The third kappa shape index (κ3) is 8.36. The van der Waals surface area contributed by atoms with Gasteiger partial charge in [-0.3, -0.25) is 4.79 Å². The molecule has 2 fully saturated rings. The van der Waals surface area contributed by atoms with Crippen LogP contribution in [0, 0.1) is 0 Å². The highest BCUT2D eigenvalue weighted by Crippen LogP contribution is 2.30. The van der Waals surface area contributed by atoms with Crippen LogP contribution >= 0.6 is 0 Å². The first-order valence-corrected chi connectivity index (χ1v) is 10.1. The number of carbonyl (C=O) groups excluding carboxylic acids is 1. The van der Waals surface area contributed by atoms with Gasteiger partial charge in [-0.2, -0.15) is 0 Å². The van der Waals surface area contributed by atoms with E-state index in [1.165, 1.54) is 0 Å². The number of rotatable bonds is 2. The monoisotopic (exact) mass is 369 g/mol. The average molecular weight is 370 g/mol. The summed E-state index contributed by atoms with van der Waals surface area (Å²) in [7, 11) is 0. The van der Waals surface area contributed by atoms with Gasteiger partial charge in [0.15, 0.2) is 0 Å². The van der Waals surface area contributed by atoms with Crippen LogP contribution < -0.4 is 16.4 Å². The molecule has 0 atom stereocenters. The predicted octanol–water partition coefficient (Wildman–Crippen LogP) is 3.50. The van der Waals surface area contributed by atoms with E-state index in [0.29, 0.717) is 12.5 Å². The van der Waals surface area contributed by atoms with Crippen molar-refractivity contribution in [1.82, 2.24) is 10.6 Å². The van der Waals surface area contributed by atoms with E-state index in [0.717, 1.165) is 25.7 Å². The lowest BCUT2D eigenvalue weighted by atomic mass is 9.80. The van der Waals surface area contributed by atoms with Gasteiger partial charge in [-0.25, -0.2) is 0 Å². The van der Waals surface area contributed by atoms with E-state index in [9.17, 15) is 4.79 Å². The van der Waals surface area contributed by atoms with Crippen molar-refractivity contribution >= 4 is 5.97 Å². The molecule has 0 spiro atoms. The molecule has 0 saturated carbocycles. The zero-order valence-corrected chi connectivity index (χ0v) is 18.6. The van der Waals surface area contributed by atoms with Crippen molar-refractivity contribution in [2.75, 3.05) is 0 Å². The molecule has 0 aromatic carbocycles. The average Bonchev–Trinajstić information content (AvgIpc) is 2.30. The van der Waals surface area contributed by atoms with Gasteiger partial charge in [-0.1, -0.05) is 6.92 Å². The Morgan fingerprint density at radius 2 is 1.19 bits per heavy atom. The molecule has 2 aliphatic heterocycles. The van der Waals surface area contributed by atoms with Crippen molar-refractivity contribution in [1.29, 1.82) is 0 Å². The van der Waals surface area contributed by atoms with E-state index in [2.05, 4.69) is 66.0 Å². The van der Waals surface area contributed by atoms with Crippen molar-refractivity contribution in [3.63, 3.8) is 0 Å². The molecule has 0 aromatic heterocycles. The summed E-state index contributed by atoms with van der Waals surface area (Å²) in [6, 6.07) is 0.362. The highest BCUT2D eigenvalue weighted by atomic mass is 16.5. The summed E-state index contributed by atoms with van der Waals surface area (Å²) < 4.78 is 5.43. The van der Waals surface area contributed by atoms with Crippen LogP contribution in [0.15, 0.2) is 0 Å². The molecule has 154 valence electrons. The van der Waals surface area contributed by atoms with Crippen molar-refractivity contribution < 1.29 is 9.53 Å². The van der Waals surface area contributed by atoms with Crippen LogP contribution in [-0.4, -0.2) is 40.3 Å². The number of nitrogens with one attached hydrogen (secondary N) is 2. The molecule has 0 bridgehead atoms. The number of hydrogen-bond donors (Lipinski definition) is 3. The molecule has 2 aliphatic rings. The maximum Gasteiger partial charge on any atom is 0.305 e. The Hall–Kier alpha value is -0.650. The first-order valence-electron chi connectivity index (χ1n) is 10.1. The Balaban J connectivity index is 0.000000273. The molecule has 4 N–H and O–H groups in total. The molecule has 26 heavy (non-hydrogen) atoms. The quantitative estimate of drug-likeness (QED) is 0.650. The summed E-state index contributed by atoms with van der Waals surface area (Å²) in [5.41, 5.74) is 6.45. The fourth-order valence-corrected chi connectivity index (χ4v) is 4.98. The fourth-order valence-electron chi connectivity index (χ4n) is 4.98. The first-order chi connectivity index (χ1) is 11.5. The van der Waals surface area contributed by atoms with Gasteiger partial charge >= 0.3 is 5.97 Å². The second kappa shape index (κ2) is 8.15. The molecule has 2 saturated heterocycles. The number of nitrogens with two attached hydrogens (primary N) is 1. The third-order valence-corrected chi connectivity index (χ3v) is 4.96. The summed E-state index contributed by atoms with van der Waals surface area (Å²) in [5, 5.41) is 7.14. The molecule has 0 aromatic rings. The number of carbonyl (C=O) groups is 1. The zero-order chi connectivity index (χ0) is 20.4. The van der Waals surface area contributed by atoms with Gasteiger partial charge in [0.25, 0.3) is 0 Å². The molecule has 2 heterocycles. The second-order valence-corrected chi connectivity index (χ2v) is 10.8. The normalized spacial score (nSPS) is 27.2. The highest BCUT2D eigenvalue weighted by molar-refractivity contribution is 5.69. The minimum Gasteiger partial charge on any atom is -0.462 e. The molecular formula is C21H43N3O2. The minimum atomic E-state index is -0.0894. The van der Waals surface area contributed by atoms with Crippen LogP contribution in [0.4, 0.5) is 0 Å². The second-order valence-electron chi connectivity index (χ2n) is 10.8. The third-order valence-electron chi connectivity index (χ3n) is 4.96. The Bertz CT molecular complexity index is 452. The SMILES string of the molecule is CC1(C)CC(N)CC(C)(C)N1.CCC(=O)OC1CC(C)(C)NC(C)(C)C1. The zero-order valence-electron chi connectivity index (χ0n) is 18.6. The molecule has 0 amide bonds. The van der Waals surface area contributed by atoms with Crippen molar-refractivity contribution in [3.05, 3.63) is 0 Å². The standard InChI is InChI=1S/C12H23NO2.C9H20N2/c1-6-10(14)15-9-7-11(2,3)13-12(4,5)8-9;1-8(2)5-7(10)6-9(3,4)11-8/h9,13H,6-8H2,1-5H3;7,11H,5-6,10H2,1-4H3. The summed E-state index contributed by atoms with van der Waals surface area (Å²) in [6.45, 7) is 19.3.